The van der Waals surface area contributed by atoms with Crippen LogP contribution in [0.25, 0.3) is 55.7 Å². The van der Waals surface area contributed by atoms with Crippen LogP contribution in [0.15, 0.2) is 188 Å². The third kappa shape index (κ3) is 24.9. The van der Waals surface area contributed by atoms with Gasteiger partial charge in [0.25, 0.3) is 0 Å². The average Bonchev–Trinajstić information content (AvgIpc) is 1.54. The number of anilines is 4. The number of ether oxygens (including phenoxy) is 4. The number of nitriles is 1. The molecule has 0 unspecified atom stereocenters. The number of hydrogen-bond donors (Lipinski definition) is 4. The number of nitrogens with one attached hydrogen (secondary N) is 2. The van der Waals surface area contributed by atoms with E-state index in [-0.39, 0.29) is 64.6 Å². The molecule has 6 aliphatic rings. The molecule has 4 amide bonds. The second-order valence-corrected chi connectivity index (χ2v) is 42.7. The van der Waals surface area contributed by atoms with Crippen molar-refractivity contribution in [2.45, 2.75) is 47.0 Å². The predicted molar refractivity (Wildman–Crippen MR) is 570 cm³/mol. The van der Waals surface area contributed by atoms with E-state index in [2.05, 4.69) is 109 Å². The van der Waals surface area contributed by atoms with Gasteiger partial charge < -0.3 is 79.9 Å². The molecule has 15 heterocycles. The summed E-state index contributed by atoms with van der Waals surface area (Å²) in [6, 6.07) is 45.8. The molecule has 0 spiro atoms. The number of hydrogen-bond acceptors (Lipinski definition) is 34. The van der Waals surface area contributed by atoms with E-state index in [1.807, 2.05) is 129 Å². The van der Waals surface area contributed by atoms with Gasteiger partial charge in [-0.25, -0.2) is 43.6 Å². The number of pyridine rings is 4. The molecule has 5 aromatic carbocycles. The maximum absolute atomic E-state index is 13.1. The first-order valence-electron chi connectivity index (χ1n) is 46.3. The summed E-state index contributed by atoms with van der Waals surface area (Å²) >= 11 is 20.6. The Bertz CT molecular complexity index is 7180. The average molecular weight is 2310 g/mol. The Morgan fingerprint density at radius 2 is 0.782 bits per heavy atom. The first-order chi connectivity index (χ1) is 71.0. The molecule has 0 saturated carbocycles. The van der Waals surface area contributed by atoms with Crippen LogP contribution < -0.4 is 55.3 Å². The Hall–Kier alpha value is -14.6. The Labute approximate surface area is 880 Å². The molecule has 14 aromatic rings. The van der Waals surface area contributed by atoms with Gasteiger partial charge in [-0.1, -0.05) is 46.4 Å². The van der Waals surface area contributed by atoms with E-state index in [1.165, 1.54) is 22.9 Å². The molecular weight excluding hydrogens is 2210 g/mol. The van der Waals surface area contributed by atoms with Crippen LogP contribution in [0.5, 0.6) is 23.0 Å². The van der Waals surface area contributed by atoms with Crippen LogP contribution in [0.2, 0.25) is 20.1 Å². The van der Waals surface area contributed by atoms with Gasteiger partial charge in [0.2, 0.25) is 23.6 Å². The molecule has 4 fully saturated rings. The predicted octanol–water partition coefficient (Wildman–Crippen LogP) is 10.8. The smallest absolute Gasteiger partial charge is 0.244 e. The van der Waals surface area contributed by atoms with Gasteiger partial charge in [-0.3, -0.25) is 24.2 Å². The summed E-state index contributed by atoms with van der Waals surface area (Å²) in [6.07, 6.45) is 10.2. The van der Waals surface area contributed by atoms with E-state index in [0.29, 0.717) is 155 Å². The van der Waals surface area contributed by atoms with Crippen LogP contribution in [-0.2, 0) is 72.0 Å². The number of aromatic nitrogens is 14. The molecule has 6 aliphatic heterocycles. The number of carbonyl (C=O) groups is 8. The van der Waals surface area contributed by atoms with Crippen molar-refractivity contribution in [3.63, 3.8) is 0 Å². The Morgan fingerprint density at radius 3 is 1.14 bits per heavy atom. The zero-order valence-electron chi connectivity index (χ0n) is 81.0. The molecule has 0 atom stereocenters. The molecule has 147 heavy (non-hydrogen) atoms. The third-order valence-electron chi connectivity index (χ3n) is 23.9. The van der Waals surface area contributed by atoms with Crippen LogP contribution in [0.4, 0.5) is 22.7 Å². The number of carbonyl (C=O) groups excluding carboxylic acids is 8. The Balaban J connectivity index is 0.000000137. The number of amidine groups is 1. The fourth-order valence-corrected chi connectivity index (χ4v) is 26.1. The SMILES string of the molecule is CC(=O)OI1(OC(C)=O)(OC(C)=O)OC(=O)c2ccccc21.COc1cc(N2CCN(C(=O)Cn3nc(-c4ncc[nH]4)c4cccnc43)CC2)ccc1Cl.COc1cc(N2CCN(C(=O)Cn3nc(C#N)c4cccnc43)CC2)ccc1Cl.COc1cc(N2CCN(C(=O)Cn3nc(C4=NCCN4)c4cccnc43)CC2)ccc1Cl.COc1cc(N2CCN(C(=O)Cn3nc(I)c4cccnc43)CC2)ccc1Cl.NCCN. The normalized spacial score (nSPS) is 15.2. The number of H-pyrrole nitrogens is 1. The van der Waals surface area contributed by atoms with E-state index in [4.69, 9.17) is 89.1 Å². The summed E-state index contributed by atoms with van der Waals surface area (Å²) in [6.45, 7) is 17.2. The minimum absolute atomic E-state index is 0.0133. The number of rotatable bonds is 22. The second kappa shape index (κ2) is 48.6. The standard InChI is InChI=1S/C22H24ClN7O2.C22H22ClN7O2.C20H19ClN6O2.C19H19ClIN5O2.C13H13IO8.C2H8N2/c2*1-32-18-13-15(4-5-17(18)23)28-9-11-29(12-10-28)19(31)14-30-22-16(3-2-6-26-22)20(27-30)21-24-7-8-25-21;1-29-18-11-14(4-5-16(18)21)25-7-9-26(10-8-25)19(28)13-27-20-15(3-2-6-23-20)17(12-22)24-27;1-28-16-11-13(4-5-15(16)20)24-7-9-25(10-8-24)17(27)12-26-19-14(18(21)23-26)3-2-6-22-19;1-8(15)19-14(20-9(2)16,21-10(3)17)12-7-5-4-6-11(12)13(18)22-14;3-1-2-4/h2-6,13H,7-12,14H2,1H3,(H,24,25);2-8,13H,9-12,14H2,1H3,(H,24,25);2-6,11H,7-10,13H2,1H3;2-6,11H,7-10,12H2,1H3;4-7H,1-3H3;1-4H2. The van der Waals surface area contributed by atoms with Crippen molar-refractivity contribution < 1.29 is 69.6 Å². The second-order valence-electron chi connectivity index (χ2n) is 33.2. The number of benzene rings is 5. The number of fused-ring (bicyclic) bond motifs is 5. The number of halogens is 6. The number of aliphatic imine (C=N–C) groups is 1. The fraction of sp³-hybridized carbons (Fsp3) is 0.316. The molecule has 20 rings (SSSR count). The number of amides is 4. The van der Waals surface area contributed by atoms with Gasteiger partial charge in [0.1, 0.15) is 76.2 Å². The van der Waals surface area contributed by atoms with E-state index < -0.39 is 42.6 Å². The first-order valence-corrected chi connectivity index (χ1v) is 53.5. The van der Waals surface area contributed by atoms with Crippen LogP contribution in [0.1, 0.15) is 42.5 Å². The largest absolute Gasteiger partial charge is 0.495 e. The number of nitrogens with two attached hydrogens (primary N) is 2. The molecule has 49 heteroatoms. The molecule has 770 valence electrons. The molecule has 6 N–H and O–H groups in total. The number of nitrogens with zero attached hydrogens (tertiary/aromatic N) is 23. The van der Waals surface area contributed by atoms with Gasteiger partial charge in [-0.2, -0.15) is 25.7 Å². The number of methoxy groups -OCH3 is 4. The number of imidazole rings is 1. The van der Waals surface area contributed by atoms with Crippen LogP contribution in [-0.4, -0.2) is 301 Å². The minimum Gasteiger partial charge on any atom is -0.495 e. The van der Waals surface area contributed by atoms with Gasteiger partial charge in [-0.15, -0.1) is 0 Å². The monoisotopic (exact) mass is 2310 g/mol. The minimum atomic E-state index is -6.03. The van der Waals surface area contributed by atoms with Gasteiger partial charge in [0, 0.05) is 209 Å². The van der Waals surface area contributed by atoms with Crippen molar-refractivity contribution in [1.82, 2.24) is 93.9 Å². The third-order valence-corrected chi connectivity index (χ3v) is 34.1. The summed E-state index contributed by atoms with van der Waals surface area (Å²) < 4.78 is 49.1. The summed E-state index contributed by atoms with van der Waals surface area (Å²) in [5.41, 5.74) is 18.3. The van der Waals surface area contributed by atoms with Gasteiger partial charge in [0.15, 0.2) is 34.1 Å². The van der Waals surface area contributed by atoms with Crippen molar-refractivity contribution in [3.05, 3.63) is 227 Å². The van der Waals surface area contributed by atoms with E-state index in [1.54, 1.807) is 97.9 Å². The van der Waals surface area contributed by atoms with Gasteiger partial charge in [-0.05, 0) is 120 Å². The summed E-state index contributed by atoms with van der Waals surface area (Å²) in [5, 5.41) is 36.2. The Morgan fingerprint density at radius 1 is 0.435 bits per heavy atom. The van der Waals surface area contributed by atoms with Crippen molar-refractivity contribution in [1.29, 1.82) is 5.26 Å². The molecule has 0 aliphatic carbocycles. The Kier molecular flexibility index (Phi) is 35.3. The zero-order valence-corrected chi connectivity index (χ0v) is 88.4. The van der Waals surface area contributed by atoms with Gasteiger partial charge >= 0.3 is 128 Å². The van der Waals surface area contributed by atoms with E-state index in [9.17, 15) is 43.6 Å². The van der Waals surface area contributed by atoms with Crippen LogP contribution >= 0.6 is 87.7 Å². The molecule has 4 saturated heterocycles. The molecule has 0 bridgehead atoms. The summed E-state index contributed by atoms with van der Waals surface area (Å²) in [7, 11) is 6.41. The zero-order chi connectivity index (χ0) is 104. The number of piperazine rings is 4. The number of aromatic amines is 1. The summed E-state index contributed by atoms with van der Waals surface area (Å²) in [4.78, 5) is 144. The van der Waals surface area contributed by atoms with E-state index >= 15 is 0 Å². The van der Waals surface area contributed by atoms with E-state index in [0.717, 1.165) is 133 Å². The summed E-state index contributed by atoms with van der Waals surface area (Å²) in [5.74, 6) is 0.419. The molecular formula is C98H105Cl4I2N27O16. The van der Waals surface area contributed by atoms with Crippen molar-refractivity contribution in [2.24, 2.45) is 16.5 Å². The molecule has 0 radical (unpaired) electrons. The van der Waals surface area contributed by atoms with Crippen molar-refractivity contribution in [2.75, 3.05) is 179 Å². The topological polar surface area (TPSA) is 488 Å². The molecule has 9 aromatic heterocycles. The van der Waals surface area contributed by atoms with Gasteiger partial charge in [0.05, 0.1) is 76.6 Å². The first kappa shape index (κ1) is 107. The maximum Gasteiger partial charge on any atom is 0.244 e. The van der Waals surface area contributed by atoms with Crippen molar-refractivity contribution >= 4 is 208 Å². The quantitative estimate of drug-likeness (QED) is 0.0458. The molecule has 43 nitrogen and oxygen atoms in total. The maximum atomic E-state index is 13.1. The van der Waals surface area contributed by atoms with Crippen molar-refractivity contribution in [3.8, 4) is 40.6 Å². The van der Waals surface area contributed by atoms with Crippen LogP contribution in [0.3, 0.4) is 0 Å². The van der Waals surface area contributed by atoms with Crippen LogP contribution in [0, 0.1) is 18.6 Å². The fourth-order valence-electron chi connectivity index (χ4n) is 16.9.